The smallest absolute Gasteiger partial charge is 0.187 e. The van der Waals surface area contributed by atoms with Crippen LogP contribution in [-0.4, -0.2) is 26.0 Å². The van der Waals surface area contributed by atoms with Crippen molar-refractivity contribution >= 4 is 11.8 Å². The molecule has 4 nitrogen and oxygen atoms in total. The fraction of sp³-hybridized carbons (Fsp3) is 0.308. The largest absolute Gasteiger partial charge is 0.214 e. The molecule has 5 heteroatoms. The van der Waals surface area contributed by atoms with Crippen LogP contribution in [0.2, 0.25) is 0 Å². The van der Waals surface area contributed by atoms with Crippen LogP contribution < -0.4 is 0 Å². The predicted octanol–water partition coefficient (Wildman–Crippen LogP) is 2.87. The summed E-state index contributed by atoms with van der Waals surface area (Å²) in [6.45, 7) is 9.97. The highest BCUT2D eigenvalue weighted by Gasteiger charge is 2.13. The third-order valence-electron chi connectivity index (χ3n) is 2.62. The van der Waals surface area contributed by atoms with Gasteiger partial charge in [0, 0.05) is 5.75 Å². The molecule has 18 heavy (non-hydrogen) atoms. The van der Waals surface area contributed by atoms with Crippen LogP contribution in [0.15, 0.2) is 29.9 Å². The standard InChI is InChI=1S/C13H16N4S/c1-5-6-18-13-14-15-16-17(13)12-10(3)7-9(2)8-11(12)4/h5,7-8H,1,6H2,2-4H3. The van der Waals surface area contributed by atoms with Gasteiger partial charge in [-0.1, -0.05) is 35.5 Å². The highest BCUT2D eigenvalue weighted by atomic mass is 32.2. The third-order valence-corrected chi connectivity index (χ3v) is 3.53. The summed E-state index contributed by atoms with van der Waals surface area (Å²) < 4.78 is 1.80. The number of benzene rings is 1. The molecule has 0 atom stereocenters. The average Bonchev–Trinajstić information content (AvgIpc) is 2.73. The van der Waals surface area contributed by atoms with Gasteiger partial charge in [0.1, 0.15) is 0 Å². The van der Waals surface area contributed by atoms with Crippen molar-refractivity contribution in [2.24, 2.45) is 0 Å². The quantitative estimate of drug-likeness (QED) is 0.626. The molecule has 0 spiro atoms. The van der Waals surface area contributed by atoms with E-state index in [-0.39, 0.29) is 0 Å². The predicted molar refractivity (Wildman–Crippen MR) is 74.3 cm³/mol. The lowest BCUT2D eigenvalue weighted by molar-refractivity contribution is 0.747. The Labute approximate surface area is 111 Å². The zero-order chi connectivity index (χ0) is 13.1. The molecular formula is C13H16N4S. The van der Waals surface area contributed by atoms with Crippen LogP contribution in [0.1, 0.15) is 16.7 Å². The van der Waals surface area contributed by atoms with Crippen LogP contribution in [0.3, 0.4) is 0 Å². The number of nitrogens with zero attached hydrogens (tertiary/aromatic N) is 4. The Balaban J connectivity index is 2.49. The first-order valence-corrected chi connectivity index (χ1v) is 6.72. The maximum Gasteiger partial charge on any atom is 0.214 e. The Kier molecular flexibility index (Phi) is 3.81. The van der Waals surface area contributed by atoms with Crippen LogP contribution in [0.25, 0.3) is 5.69 Å². The fourth-order valence-corrected chi connectivity index (χ4v) is 2.66. The van der Waals surface area contributed by atoms with Crippen molar-refractivity contribution in [2.45, 2.75) is 25.9 Å². The van der Waals surface area contributed by atoms with Gasteiger partial charge in [0.2, 0.25) is 5.16 Å². The zero-order valence-corrected chi connectivity index (χ0v) is 11.7. The highest BCUT2D eigenvalue weighted by molar-refractivity contribution is 7.99. The van der Waals surface area contributed by atoms with Gasteiger partial charge in [-0.2, -0.15) is 4.68 Å². The van der Waals surface area contributed by atoms with Crippen molar-refractivity contribution in [1.82, 2.24) is 20.2 Å². The molecule has 0 fully saturated rings. The van der Waals surface area contributed by atoms with E-state index < -0.39 is 0 Å². The molecule has 1 aromatic heterocycles. The Morgan fingerprint density at radius 2 is 1.94 bits per heavy atom. The maximum absolute atomic E-state index is 4.09. The molecule has 0 saturated carbocycles. The first-order chi connectivity index (χ1) is 8.63. The summed E-state index contributed by atoms with van der Waals surface area (Å²) in [7, 11) is 0. The molecule has 2 aromatic rings. The number of tetrazole rings is 1. The van der Waals surface area contributed by atoms with Crippen molar-refractivity contribution < 1.29 is 0 Å². The summed E-state index contributed by atoms with van der Waals surface area (Å²) in [6.07, 6.45) is 1.85. The summed E-state index contributed by atoms with van der Waals surface area (Å²) >= 11 is 1.58. The summed E-state index contributed by atoms with van der Waals surface area (Å²) in [5.41, 5.74) is 4.68. The van der Waals surface area contributed by atoms with E-state index in [4.69, 9.17) is 0 Å². The average molecular weight is 260 g/mol. The van der Waals surface area contributed by atoms with Gasteiger partial charge < -0.3 is 0 Å². The van der Waals surface area contributed by atoms with E-state index in [2.05, 4.69) is 55.0 Å². The van der Waals surface area contributed by atoms with Crippen molar-refractivity contribution in [3.63, 3.8) is 0 Å². The second-order valence-corrected chi connectivity index (χ2v) is 5.21. The molecule has 0 unspecified atom stereocenters. The number of rotatable bonds is 4. The van der Waals surface area contributed by atoms with E-state index in [1.165, 1.54) is 16.7 Å². The van der Waals surface area contributed by atoms with Crippen LogP contribution in [-0.2, 0) is 0 Å². The minimum atomic E-state index is 0.796. The van der Waals surface area contributed by atoms with Crippen molar-refractivity contribution in [3.8, 4) is 5.69 Å². The van der Waals surface area contributed by atoms with E-state index in [0.717, 1.165) is 16.6 Å². The zero-order valence-electron chi connectivity index (χ0n) is 10.8. The van der Waals surface area contributed by atoms with Crippen molar-refractivity contribution in [2.75, 3.05) is 5.75 Å². The number of thioether (sulfide) groups is 1. The van der Waals surface area contributed by atoms with Crippen LogP contribution >= 0.6 is 11.8 Å². The molecule has 0 amide bonds. The Morgan fingerprint density at radius 1 is 1.28 bits per heavy atom. The van der Waals surface area contributed by atoms with E-state index in [0.29, 0.717) is 0 Å². The van der Waals surface area contributed by atoms with E-state index >= 15 is 0 Å². The van der Waals surface area contributed by atoms with Crippen molar-refractivity contribution in [1.29, 1.82) is 0 Å². The maximum atomic E-state index is 4.09. The normalized spacial score (nSPS) is 10.6. The topological polar surface area (TPSA) is 43.6 Å². The van der Waals surface area contributed by atoms with E-state index in [9.17, 15) is 0 Å². The summed E-state index contributed by atoms with van der Waals surface area (Å²) in [5, 5.41) is 12.7. The monoisotopic (exact) mass is 260 g/mol. The summed E-state index contributed by atoms with van der Waals surface area (Å²) in [6, 6.07) is 4.29. The molecule has 0 aliphatic heterocycles. The highest BCUT2D eigenvalue weighted by Crippen LogP contribution is 2.24. The second-order valence-electron chi connectivity index (χ2n) is 4.22. The summed E-state index contributed by atoms with van der Waals surface area (Å²) in [5.74, 6) is 0.796. The SMILES string of the molecule is C=CCSc1nnnn1-c1c(C)cc(C)cc1C. The molecule has 0 saturated heterocycles. The first-order valence-electron chi connectivity index (χ1n) is 5.73. The molecule has 0 N–H and O–H groups in total. The van der Waals surface area contributed by atoms with Gasteiger partial charge >= 0.3 is 0 Å². The van der Waals surface area contributed by atoms with Crippen LogP contribution in [0.5, 0.6) is 0 Å². The molecule has 2 rings (SSSR count). The van der Waals surface area contributed by atoms with E-state index in [1.807, 2.05) is 6.08 Å². The Morgan fingerprint density at radius 3 is 2.56 bits per heavy atom. The number of hydrogen-bond donors (Lipinski definition) is 0. The number of aryl methyl sites for hydroxylation is 3. The molecule has 94 valence electrons. The van der Waals surface area contributed by atoms with Crippen LogP contribution in [0, 0.1) is 20.8 Å². The van der Waals surface area contributed by atoms with Gasteiger partial charge in [-0.25, -0.2) is 0 Å². The molecule has 0 aliphatic carbocycles. The number of aromatic nitrogens is 4. The van der Waals surface area contributed by atoms with Gasteiger partial charge in [-0.15, -0.1) is 11.7 Å². The lowest BCUT2D eigenvalue weighted by atomic mass is 10.1. The minimum Gasteiger partial charge on any atom is -0.187 e. The molecule has 1 aromatic carbocycles. The molecule has 0 aliphatic rings. The first kappa shape index (κ1) is 12.8. The minimum absolute atomic E-state index is 0.796. The van der Waals surface area contributed by atoms with Gasteiger partial charge in [-0.05, 0) is 42.3 Å². The lowest BCUT2D eigenvalue weighted by Gasteiger charge is -2.11. The van der Waals surface area contributed by atoms with Crippen molar-refractivity contribution in [3.05, 3.63) is 41.5 Å². The molecule has 1 heterocycles. The molecular weight excluding hydrogens is 244 g/mol. The van der Waals surface area contributed by atoms with Crippen LogP contribution in [0.4, 0.5) is 0 Å². The fourth-order valence-electron chi connectivity index (χ4n) is 2.05. The lowest BCUT2D eigenvalue weighted by Crippen LogP contribution is -2.04. The van der Waals surface area contributed by atoms with Gasteiger partial charge in [-0.3, -0.25) is 0 Å². The molecule has 0 bridgehead atoms. The van der Waals surface area contributed by atoms with Gasteiger partial charge in [0.25, 0.3) is 0 Å². The molecule has 0 radical (unpaired) electrons. The van der Waals surface area contributed by atoms with Gasteiger partial charge in [0.15, 0.2) is 0 Å². The van der Waals surface area contributed by atoms with Gasteiger partial charge in [0.05, 0.1) is 5.69 Å². The Hall–Kier alpha value is -1.62. The summed E-state index contributed by atoms with van der Waals surface area (Å²) in [4.78, 5) is 0. The second kappa shape index (κ2) is 5.35. The Bertz CT molecular complexity index is 551. The third kappa shape index (κ3) is 2.46. The van der Waals surface area contributed by atoms with E-state index in [1.54, 1.807) is 16.4 Å². The number of hydrogen-bond acceptors (Lipinski definition) is 4.